The van der Waals surface area contributed by atoms with E-state index in [1.54, 1.807) is 19.1 Å². The quantitative estimate of drug-likeness (QED) is 0.900. The lowest BCUT2D eigenvalue weighted by atomic mass is 9.87. The summed E-state index contributed by atoms with van der Waals surface area (Å²) >= 11 is 0. The van der Waals surface area contributed by atoms with E-state index in [0.29, 0.717) is 13.0 Å². The molecule has 0 fully saturated rings. The maximum Gasteiger partial charge on any atom is 0.240 e. The Kier molecular flexibility index (Phi) is 4.87. The van der Waals surface area contributed by atoms with E-state index in [1.807, 2.05) is 20.8 Å². The van der Waals surface area contributed by atoms with Crippen LogP contribution in [-0.4, -0.2) is 20.7 Å². The highest BCUT2D eigenvalue weighted by Gasteiger charge is 2.21. The first-order chi connectivity index (χ1) is 8.66. The van der Waals surface area contributed by atoms with Gasteiger partial charge in [-0.3, -0.25) is 4.79 Å². The van der Waals surface area contributed by atoms with Crippen LogP contribution in [0.15, 0.2) is 29.2 Å². The number of hydrogen-bond acceptors (Lipinski definition) is 3. The summed E-state index contributed by atoms with van der Waals surface area (Å²) < 4.78 is 25.9. The van der Waals surface area contributed by atoms with Crippen LogP contribution >= 0.6 is 0 Å². The normalized spacial score (nSPS) is 12.4. The van der Waals surface area contributed by atoms with Gasteiger partial charge in [-0.1, -0.05) is 39.8 Å². The van der Waals surface area contributed by atoms with Crippen LogP contribution < -0.4 is 4.72 Å². The zero-order valence-electron chi connectivity index (χ0n) is 11.9. The molecule has 1 rings (SSSR count). The molecule has 0 aliphatic carbocycles. The lowest BCUT2D eigenvalue weighted by Gasteiger charge is -2.16. The summed E-state index contributed by atoms with van der Waals surface area (Å²) in [4.78, 5) is 12.1. The second-order valence-electron chi connectivity index (χ2n) is 5.50. The molecule has 0 aliphatic heterocycles. The van der Waals surface area contributed by atoms with Gasteiger partial charge in [0.15, 0.2) is 0 Å². The molecule has 0 aliphatic rings. The average molecular weight is 283 g/mol. The second-order valence-corrected chi connectivity index (χ2v) is 7.26. The molecule has 0 spiro atoms. The van der Waals surface area contributed by atoms with Crippen molar-refractivity contribution in [2.24, 2.45) is 5.41 Å². The summed E-state index contributed by atoms with van der Waals surface area (Å²) in [6.45, 7) is 7.71. The zero-order valence-corrected chi connectivity index (χ0v) is 12.7. The van der Waals surface area contributed by atoms with E-state index in [9.17, 15) is 13.2 Å². The lowest BCUT2D eigenvalue weighted by Crippen LogP contribution is -2.23. The first kappa shape index (κ1) is 15.9. The number of nitrogens with one attached hydrogen (secondary N) is 1. The van der Waals surface area contributed by atoms with Gasteiger partial charge in [0.1, 0.15) is 5.78 Å². The number of carbonyl (C=O) groups is 1. The first-order valence-electron chi connectivity index (χ1n) is 6.28. The molecule has 19 heavy (non-hydrogen) atoms. The van der Waals surface area contributed by atoms with Crippen LogP contribution in [0, 0.1) is 5.41 Å². The molecule has 0 heterocycles. The summed E-state index contributed by atoms with van der Waals surface area (Å²) in [6, 6.07) is 6.44. The highest BCUT2D eigenvalue weighted by Crippen LogP contribution is 2.18. The van der Waals surface area contributed by atoms with E-state index in [4.69, 9.17) is 0 Å². The van der Waals surface area contributed by atoms with Crippen LogP contribution in [0.25, 0.3) is 0 Å². The molecule has 0 radical (unpaired) electrons. The summed E-state index contributed by atoms with van der Waals surface area (Å²) in [5, 5.41) is 0. The van der Waals surface area contributed by atoms with E-state index < -0.39 is 10.0 Å². The van der Waals surface area contributed by atoms with Crippen LogP contribution in [0.5, 0.6) is 0 Å². The van der Waals surface area contributed by atoms with Gasteiger partial charge in [0.25, 0.3) is 0 Å². The van der Waals surface area contributed by atoms with Gasteiger partial charge < -0.3 is 0 Å². The molecule has 0 saturated carbocycles. The SMILES string of the molecule is CCNS(=O)(=O)c1ccc(CC(=O)C(C)(C)C)cc1. The molecule has 0 atom stereocenters. The molecule has 0 bridgehead atoms. The van der Waals surface area contributed by atoms with Gasteiger partial charge in [-0.25, -0.2) is 13.1 Å². The second kappa shape index (κ2) is 5.84. The fourth-order valence-corrected chi connectivity index (χ4v) is 2.55. The molecule has 106 valence electrons. The molecule has 1 aromatic rings. The topological polar surface area (TPSA) is 63.2 Å². The highest BCUT2D eigenvalue weighted by atomic mass is 32.2. The third kappa shape index (κ3) is 4.44. The number of hydrogen-bond donors (Lipinski definition) is 1. The average Bonchev–Trinajstić information content (AvgIpc) is 2.28. The van der Waals surface area contributed by atoms with Crippen LogP contribution in [0.1, 0.15) is 33.3 Å². The summed E-state index contributed by atoms with van der Waals surface area (Å²) in [5.41, 5.74) is 0.449. The number of benzene rings is 1. The van der Waals surface area contributed by atoms with Crippen molar-refractivity contribution in [1.82, 2.24) is 4.72 Å². The molecule has 0 saturated heterocycles. The van der Waals surface area contributed by atoms with Gasteiger partial charge in [-0.05, 0) is 17.7 Å². The van der Waals surface area contributed by atoms with E-state index >= 15 is 0 Å². The molecule has 4 nitrogen and oxygen atoms in total. The van der Waals surface area contributed by atoms with E-state index in [-0.39, 0.29) is 16.1 Å². The summed E-state index contributed by atoms with van der Waals surface area (Å²) in [5.74, 6) is 0.134. The Morgan fingerprint density at radius 1 is 1.16 bits per heavy atom. The molecular formula is C14H21NO3S. The van der Waals surface area contributed by atoms with Crippen molar-refractivity contribution in [2.45, 2.75) is 39.0 Å². The predicted molar refractivity (Wildman–Crippen MR) is 75.5 cm³/mol. The summed E-state index contributed by atoms with van der Waals surface area (Å²) in [6.07, 6.45) is 0.324. The Bertz CT molecular complexity index is 539. The van der Waals surface area contributed by atoms with E-state index in [2.05, 4.69) is 4.72 Å². The number of Topliss-reactive ketones (excluding diaryl/α,β-unsaturated/α-hetero) is 1. The van der Waals surface area contributed by atoms with Crippen molar-refractivity contribution in [3.05, 3.63) is 29.8 Å². The maximum absolute atomic E-state index is 11.9. The van der Waals surface area contributed by atoms with Crippen LogP contribution in [-0.2, 0) is 21.2 Å². The fraction of sp³-hybridized carbons (Fsp3) is 0.500. The van der Waals surface area contributed by atoms with Crippen molar-refractivity contribution in [1.29, 1.82) is 0 Å². The van der Waals surface area contributed by atoms with Gasteiger partial charge in [-0.15, -0.1) is 0 Å². The Hall–Kier alpha value is -1.20. The van der Waals surface area contributed by atoms with Gasteiger partial charge >= 0.3 is 0 Å². The minimum atomic E-state index is -3.42. The van der Waals surface area contributed by atoms with Crippen molar-refractivity contribution >= 4 is 15.8 Å². The molecular weight excluding hydrogens is 262 g/mol. The minimum Gasteiger partial charge on any atom is -0.299 e. The van der Waals surface area contributed by atoms with Crippen LogP contribution in [0.4, 0.5) is 0 Å². The smallest absolute Gasteiger partial charge is 0.240 e. The van der Waals surface area contributed by atoms with Crippen LogP contribution in [0.3, 0.4) is 0 Å². The van der Waals surface area contributed by atoms with Gasteiger partial charge in [-0.2, -0.15) is 0 Å². The zero-order chi connectivity index (χ0) is 14.7. The summed E-state index contributed by atoms with van der Waals surface area (Å²) in [7, 11) is -3.42. The van der Waals surface area contributed by atoms with Crippen molar-refractivity contribution < 1.29 is 13.2 Å². The van der Waals surface area contributed by atoms with Gasteiger partial charge in [0.2, 0.25) is 10.0 Å². The van der Waals surface area contributed by atoms with Gasteiger partial charge in [0.05, 0.1) is 4.90 Å². The molecule has 1 aromatic carbocycles. The van der Waals surface area contributed by atoms with E-state index in [1.165, 1.54) is 12.1 Å². The van der Waals surface area contributed by atoms with Crippen molar-refractivity contribution in [2.75, 3.05) is 6.54 Å². The third-order valence-electron chi connectivity index (χ3n) is 2.77. The largest absolute Gasteiger partial charge is 0.299 e. The standard InChI is InChI=1S/C14H21NO3S/c1-5-15-19(17,18)12-8-6-11(7-9-12)10-13(16)14(2,3)4/h6-9,15H,5,10H2,1-4H3. The van der Waals surface area contributed by atoms with Crippen molar-refractivity contribution in [3.8, 4) is 0 Å². The Morgan fingerprint density at radius 2 is 1.68 bits per heavy atom. The Morgan fingerprint density at radius 3 is 2.11 bits per heavy atom. The minimum absolute atomic E-state index is 0.134. The molecule has 1 N–H and O–H groups in total. The highest BCUT2D eigenvalue weighted by molar-refractivity contribution is 7.89. The first-order valence-corrected chi connectivity index (χ1v) is 7.77. The number of rotatable bonds is 5. The number of ketones is 1. The number of sulfonamides is 1. The van der Waals surface area contributed by atoms with Gasteiger partial charge in [0, 0.05) is 18.4 Å². The predicted octanol–water partition coefficient (Wildman–Crippen LogP) is 2.14. The lowest BCUT2D eigenvalue weighted by molar-refractivity contribution is -0.125. The van der Waals surface area contributed by atoms with Crippen molar-refractivity contribution in [3.63, 3.8) is 0 Å². The third-order valence-corrected chi connectivity index (χ3v) is 4.33. The number of carbonyl (C=O) groups excluding carboxylic acids is 1. The molecule has 0 unspecified atom stereocenters. The maximum atomic E-state index is 11.9. The van der Waals surface area contributed by atoms with E-state index in [0.717, 1.165) is 5.56 Å². The molecule has 5 heteroatoms. The van der Waals surface area contributed by atoms with Crippen LogP contribution in [0.2, 0.25) is 0 Å². The molecule has 0 aromatic heterocycles. The Balaban J connectivity index is 2.86. The molecule has 0 amide bonds. The fourth-order valence-electron chi connectivity index (χ4n) is 1.51. The monoisotopic (exact) mass is 283 g/mol. The Labute approximate surface area is 115 Å².